The van der Waals surface area contributed by atoms with E-state index in [-0.39, 0.29) is 0 Å². The number of thiophene rings is 1. The zero-order valence-electron chi connectivity index (χ0n) is 15.5. The Morgan fingerprint density at radius 2 is 1.85 bits per heavy atom. The number of rotatable bonds is 7. The summed E-state index contributed by atoms with van der Waals surface area (Å²) in [5, 5.41) is 2.70. The second-order valence-corrected chi connectivity index (χ2v) is 6.81. The van der Waals surface area contributed by atoms with Gasteiger partial charge in [0, 0.05) is 16.6 Å². The zero-order valence-corrected chi connectivity index (χ0v) is 16.4. The minimum atomic E-state index is -0.928. The highest BCUT2D eigenvalue weighted by Crippen LogP contribution is 2.30. The van der Waals surface area contributed by atoms with Crippen LogP contribution in [-0.2, 0) is 16.0 Å². The zero-order chi connectivity index (χ0) is 19.3. The Kier molecular flexibility index (Phi) is 6.63. The van der Waals surface area contributed by atoms with E-state index >= 15 is 0 Å². The molecule has 0 spiro atoms. The van der Waals surface area contributed by atoms with Crippen LogP contribution >= 0.6 is 11.3 Å². The predicted molar refractivity (Wildman–Crippen MR) is 101 cm³/mol. The van der Waals surface area contributed by atoms with Crippen LogP contribution in [0.25, 0.3) is 0 Å². The van der Waals surface area contributed by atoms with E-state index in [1.54, 1.807) is 24.3 Å². The van der Waals surface area contributed by atoms with Gasteiger partial charge in [-0.1, -0.05) is 6.92 Å². The van der Waals surface area contributed by atoms with E-state index < -0.39 is 18.0 Å². The van der Waals surface area contributed by atoms with Crippen molar-refractivity contribution >= 4 is 28.9 Å². The summed E-state index contributed by atoms with van der Waals surface area (Å²) in [6.45, 7) is 5.53. The molecule has 0 unspecified atom stereocenters. The molecule has 0 saturated carbocycles. The topological polar surface area (TPSA) is 73.9 Å². The molecule has 7 heteroatoms. The first-order chi connectivity index (χ1) is 12.4. The molecular weight excluding hydrogens is 354 g/mol. The number of benzene rings is 1. The molecule has 1 amide bonds. The Labute approximate surface area is 157 Å². The Bertz CT molecular complexity index is 799. The molecule has 1 N–H and O–H groups in total. The lowest BCUT2D eigenvalue weighted by Gasteiger charge is -2.14. The van der Waals surface area contributed by atoms with Crippen LogP contribution in [-0.4, -0.2) is 32.2 Å². The SMILES string of the molecule is CCc1sc(C(=O)O[C@H](C)C(=O)Nc2ccc(OC)c(OC)c2)cc1C. The van der Waals surface area contributed by atoms with Crippen LogP contribution in [0.2, 0.25) is 0 Å². The van der Waals surface area contributed by atoms with Crippen LogP contribution in [0.4, 0.5) is 5.69 Å². The largest absolute Gasteiger partial charge is 0.493 e. The average Bonchev–Trinajstić information content (AvgIpc) is 3.02. The quantitative estimate of drug-likeness (QED) is 0.743. The van der Waals surface area contributed by atoms with Crippen LogP contribution < -0.4 is 14.8 Å². The minimum Gasteiger partial charge on any atom is -0.493 e. The maximum absolute atomic E-state index is 12.3. The van der Waals surface area contributed by atoms with Crippen molar-refractivity contribution in [1.82, 2.24) is 0 Å². The molecule has 0 aliphatic heterocycles. The summed E-state index contributed by atoms with van der Waals surface area (Å²) in [4.78, 5) is 26.2. The fraction of sp³-hybridized carbons (Fsp3) is 0.368. The molecule has 2 aromatic rings. The fourth-order valence-electron chi connectivity index (χ4n) is 2.40. The maximum atomic E-state index is 12.3. The van der Waals surface area contributed by atoms with Gasteiger partial charge in [0.1, 0.15) is 4.88 Å². The molecule has 1 heterocycles. The normalized spacial score (nSPS) is 11.6. The van der Waals surface area contributed by atoms with E-state index in [4.69, 9.17) is 14.2 Å². The van der Waals surface area contributed by atoms with Crippen molar-refractivity contribution in [2.75, 3.05) is 19.5 Å². The highest BCUT2D eigenvalue weighted by Gasteiger charge is 2.21. The van der Waals surface area contributed by atoms with Gasteiger partial charge in [0.25, 0.3) is 5.91 Å². The van der Waals surface area contributed by atoms with E-state index in [0.717, 1.165) is 16.9 Å². The van der Waals surface area contributed by atoms with Gasteiger partial charge in [-0.25, -0.2) is 4.79 Å². The van der Waals surface area contributed by atoms with Crippen LogP contribution in [0.1, 0.15) is 34.0 Å². The van der Waals surface area contributed by atoms with Gasteiger partial charge >= 0.3 is 5.97 Å². The van der Waals surface area contributed by atoms with Crippen molar-refractivity contribution in [1.29, 1.82) is 0 Å². The molecule has 0 aliphatic carbocycles. The molecule has 2 rings (SSSR count). The van der Waals surface area contributed by atoms with Crippen LogP contribution in [0.15, 0.2) is 24.3 Å². The Hall–Kier alpha value is -2.54. The Morgan fingerprint density at radius 1 is 1.15 bits per heavy atom. The van der Waals surface area contributed by atoms with Crippen molar-refractivity contribution in [2.45, 2.75) is 33.3 Å². The van der Waals surface area contributed by atoms with E-state index in [1.807, 2.05) is 13.8 Å². The van der Waals surface area contributed by atoms with Gasteiger partial charge in [-0.2, -0.15) is 0 Å². The molecule has 0 bridgehead atoms. The molecule has 0 radical (unpaired) electrons. The second-order valence-electron chi connectivity index (χ2n) is 5.68. The van der Waals surface area contributed by atoms with Crippen molar-refractivity contribution < 1.29 is 23.8 Å². The first kappa shape index (κ1) is 19.8. The lowest BCUT2D eigenvalue weighted by Crippen LogP contribution is -2.29. The highest BCUT2D eigenvalue weighted by atomic mass is 32.1. The Morgan fingerprint density at radius 3 is 2.42 bits per heavy atom. The third kappa shape index (κ3) is 4.54. The monoisotopic (exact) mass is 377 g/mol. The number of anilines is 1. The number of amides is 1. The van der Waals surface area contributed by atoms with E-state index in [2.05, 4.69) is 5.32 Å². The number of carbonyl (C=O) groups excluding carboxylic acids is 2. The number of aryl methyl sites for hydroxylation is 2. The number of esters is 1. The molecule has 140 valence electrons. The highest BCUT2D eigenvalue weighted by molar-refractivity contribution is 7.14. The van der Waals surface area contributed by atoms with Gasteiger partial charge in [0.15, 0.2) is 17.6 Å². The van der Waals surface area contributed by atoms with Crippen molar-refractivity contribution in [3.63, 3.8) is 0 Å². The minimum absolute atomic E-state index is 0.422. The van der Waals surface area contributed by atoms with Crippen LogP contribution in [0.3, 0.4) is 0 Å². The van der Waals surface area contributed by atoms with Gasteiger partial charge in [-0.15, -0.1) is 11.3 Å². The molecule has 0 saturated heterocycles. The summed E-state index contributed by atoms with van der Waals surface area (Å²) >= 11 is 1.40. The Balaban J connectivity index is 2.01. The maximum Gasteiger partial charge on any atom is 0.349 e. The number of hydrogen-bond donors (Lipinski definition) is 1. The molecule has 1 aromatic heterocycles. The number of methoxy groups -OCH3 is 2. The van der Waals surface area contributed by atoms with Gasteiger partial charge in [-0.3, -0.25) is 4.79 Å². The van der Waals surface area contributed by atoms with Crippen LogP contribution in [0, 0.1) is 6.92 Å². The molecule has 6 nitrogen and oxygen atoms in total. The summed E-state index contributed by atoms with van der Waals surface area (Å²) in [5.41, 5.74) is 1.59. The van der Waals surface area contributed by atoms with Gasteiger partial charge in [0.05, 0.1) is 14.2 Å². The smallest absolute Gasteiger partial charge is 0.349 e. The molecule has 1 atom stereocenters. The number of carbonyl (C=O) groups is 2. The predicted octanol–water partition coefficient (Wildman–Crippen LogP) is 3.82. The molecular formula is C19H23NO5S. The number of ether oxygens (including phenoxy) is 3. The summed E-state index contributed by atoms with van der Waals surface area (Å²) in [7, 11) is 3.05. The van der Waals surface area contributed by atoms with E-state index in [0.29, 0.717) is 22.1 Å². The summed E-state index contributed by atoms with van der Waals surface area (Å²) in [6, 6.07) is 6.81. The molecule has 1 aromatic carbocycles. The first-order valence-electron chi connectivity index (χ1n) is 8.22. The third-order valence-electron chi connectivity index (χ3n) is 3.85. The van der Waals surface area contributed by atoms with E-state index in [9.17, 15) is 9.59 Å². The third-order valence-corrected chi connectivity index (χ3v) is 5.21. The van der Waals surface area contributed by atoms with Crippen molar-refractivity contribution in [2.24, 2.45) is 0 Å². The first-order valence-corrected chi connectivity index (χ1v) is 9.04. The van der Waals surface area contributed by atoms with E-state index in [1.165, 1.54) is 32.5 Å². The van der Waals surface area contributed by atoms with Crippen molar-refractivity contribution in [3.8, 4) is 11.5 Å². The second kappa shape index (κ2) is 8.71. The molecule has 26 heavy (non-hydrogen) atoms. The lowest BCUT2D eigenvalue weighted by molar-refractivity contribution is -0.123. The standard InChI is InChI=1S/C19H23NO5S/c1-6-16-11(2)9-17(26-16)19(22)25-12(3)18(21)20-13-7-8-14(23-4)15(10-13)24-5/h7-10,12H,6H2,1-5H3,(H,20,21)/t12-/m1/s1. The lowest BCUT2D eigenvalue weighted by atomic mass is 10.2. The molecule has 0 aliphatic rings. The summed E-state index contributed by atoms with van der Waals surface area (Å²) in [6.07, 6.45) is -0.0675. The van der Waals surface area contributed by atoms with Gasteiger partial charge in [0.2, 0.25) is 0 Å². The van der Waals surface area contributed by atoms with Crippen LogP contribution in [0.5, 0.6) is 11.5 Å². The summed E-state index contributed by atoms with van der Waals surface area (Å²) < 4.78 is 15.7. The summed E-state index contributed by atoms with van der Waals surface area (Å²) in [5.74, 6) is 0.142. The van der Waals surface area contributed by atoms with Gasteiger partial charge < -0.3 is 19.5 Å². The average molecular weight is 377 g/mol. The van der Waals surface area contributed by atoms with Gasteiger partial charge in [-0.05, 0) is 44.0 Å². The number of hydrogen-bond acceptors (Lipinski definition) is 6. The number of nitrogens with one attached hydrogen (secondary N) is 1. The van der Waals surface area contributed by atoms with Crippen molar-refractivity contribution in [3.05, 3.63) is 39.6 Å². The fourth-order valence-corrected chi connectivity index (χ4v) is 3.40. The molecule has 0 fully saturated rings.